The third kappa shape index (κ3) is 5.66. The fourth-order valence-electron chi connectivity index (χ4n) is 3.88. The van der Waals surface area contributed by atoms with Crippen LogP contribution in [0.3, 0.4) is 0 Å². The molecule has 1 unspecified atom stereocenters. The second-order valence-corrected chi connectivity index (χ2v) is 9.01. The number of aromatic nitrogens is 3. The zero-order valence-electron chi connectivity index (χ0n) is 17.9. The second kappa shape index (κ2) is 10.4. The van der Waals surface area contributed by atoms with Gasteiger partial charge in [-0.2, -0.15) is 0 Å². The lowest BCUT2D eigenvalue weighted by Crippen LogP contribution is -2.32. The summed E-state index contributed by atoms with van der Waals surface area (Å²) in [6.07, 6.45) is 1.75. The molecule has 4 rings (SSSR count). The lowest BCUT2D eigenvalue weighted by molar-refractivity contribution is -0.137. The number of hydrogen-bond acceptors (Lipinski definition) is 5. The van der Waals surface area contributed by atoms with Gasteiger partial charge in [-0.3, -0.25) is 19.6 Å². The second-order valence-electron chi connectivity index (χ2n) is 7.83. The summed E-state index contributed by atoms with van der Waals surface area (Å²) in [7, 11) is 0. The number of H-pyrrole nitrogens is 2. The number of carbonyl (C=O) groups excluding carboxylic acids is 1. The molecule has 3 aromatic rings. The fraction of sp³-hybridized carbons (Fsp3) is 0.227. The number of anilines is 3. The van der Waals surface area contributed by atoms with Gasteiger partial charge in [0.25, 0.3) is 0 Å². The number of rotatable bonds is 6. The highest BCUT2D eigenvalue weighted by Crippen LogP contribution is 2.35. The fourth-order valence-corrected chi connectivity index (χ4v) is 4.66. The number of hydrogen-bond donors (Lipinski definition) is 5. The van der Waals surface area contributed by atoms with Crippen molar-refractivity contribution in [3.05, 3.63) is 63.6 Å². The van der Waals surface area contributed by atoms with Crippen LogP contribution in [0.2, 0.25) is 5.02 Å². The molecular weight excluding hydrogens is 496 g/mol. The summed E-state index contributed by atoms with van der Waals surface area (Å²) in [5.74, 6) is -0.887. The number of aromatic amines is 2. The molecule has 1 atom stereocenters. The van der Waals surface area contributed by atoms with E-state index in [0.717, 1.165) is 19.4 Å². The van der Waals surface area contributed by atoms with Crippen molar-refractivity contribution in [3.63, 3.8) is 0 Å². The predicted molar refractivity (Wildman–Crippen MR) is 137 cm³/mol. The molecule has 0 bridgehead atoms. The molecule has 34 heavy (non-hydrogen) atoms. The number of aliphatic carboxylic acids is 1. The summed E-state index contributed by atoms with van der Waals surface area (Å²) >= 11 is 16.9. The molecule has 12 heteroatoms. The van der Waals surface area contributed by atoms with Gasteiger partial charge in [-0.1, -0.05) is 17.7 Å². The molecular formula is C22H22ClN6O3S2. The van der Waals surface area contributed by atoms with Crippen molar-refractivity contribution in [2.24, 2.45) is 5.92 Å². The van der Waals surface area contributed by atoms with Crippen LogP contribution in [0.5, 0.6) is 0 Å². The highest BCUT2D eigenvalue weighted by molar-refractivity contribution is 7.72. The Labute approximate surface area is 210 Å². The maximum Gasteiger partial charge on any atom is 0.323 e. The molecule has 177 valence electrons. The SMILES string of the molecule is O=C(O)CC1[CH]N(c2cc(NC(=O)Nc3cccc(-n4c(=S)[nH][nH]c4=S)c3)ccc2Cl)CCC1. The minimum atomic E-state index is -0.828. The summed E-state index contributed by atoms with van der Waals surface area (Å²) in [5, 5.41) is 20.8. The molecule has 1 aliphatic heterocycles. The Balaban J connectivity index is 1.46. The monoisotopic (exact) mass is 517 g/mol. The van der Waals surface area contributed by atoms with E-state index in [4.69, 9.17) is 41.1 Å². The van der Waals surface area contributed by atoms with Gasteiger partial charge >= 0.3 is 12.0 Å². The number of benzene rings is 2. The van der Waals surface area contributed by atoms with Gasteiger partial charge in [0.2, 0.25) is 0 Å². The van der Waals surface area contributed by atoms with E-state index in [1.807, 2.05) is 17.5 Å². The van der Waals surface area contributed by atoms with Crippen LogP contribution in [0.15, 0.2) is 42.5 Å². The van der Waals surface area contributed by atoms with Gasteiger partial charge in [-0.05, 0) is 79.6 Å². The first kappa shape index (κ1) is 24.0. The smallest absolute Gasteiger partial charge is 0.323 e. The minimum Gasteiger partial charge on any atom is -0.481 e. The Hall–Kier alpha value is -3.15. The molecule has 1 saturated heterocycles. The molecule has 2 aromatic carbocycles. The normalized spacial score (nSPS) is 15.7. The quantitative estimate of drug-likeness (QED) is 0.266. The number of amides is 2. The van der Waals surface area contributed by atoms with Crippen LogP contribution < -0.4 is 15.5 Å². The summed E-state index contributed by atoms with van der Waals surface area (Å²) in [4.78, 5) is 25.7. The highest BCUT2D eigenvalue weighted by Gasteiger charge is 2.24. The Kier molecular flexibility index (Phi) is 7.35. The average molecular weight is 518 g/mol. The standard InChI is InChI=1S/C22H22ClN6O3S2/c23-17-7-6-15(11-18(17)28-8-2-3-13(12-28)9-19(30)31)25-20(32)24-14-4-1-5-16(10-14)29-21(33)26-27-22(29)34/h1,4-7,10-13H,2-3,8-9H2,(H,26,33)(H,27,34)(H,30,31)(H2,24,25,32). The Morgan fingerprint density at radius 1 is 1.09 bits per heavy atom. The first-order chi connectivity index (χ1) is 16.3. The van der Waals surface area contributed by atoms with Crippen molar-refractivity contribution >= 4 is 65.1 Å². The van der Waals surface area contributed by atoms with Crippen molar-refractivity contribution in [1.29, 1.82) is 0 Å². The summed E-state index contributed by atoms with van der Waals surface area (Å²) in [6, 6.07) is 11.9. The minimum absolute atomic E-state index is 0.0590. The van der Waals surface area contributed by atoms with Gasteiger partial charge in [-0.15, -0.1) is 0 Å². The van der Waals surface area contributed by atoms with Crippen molar-refractivity contribution in [1.82, 2.24) is 14.8 Å². The van der Waals surface area contributed by atoms with Crippen molar-refractivity contribution in [2.75, 3.05) is 22.1 Å². The van der Waals surface area contributed by atoms with Gasteiger partial charge in [0.1, 0.15) is 0 Å². The van der Waals surface area contributed by atoms with E-state index in [2.05, 4.69) is 20.8 Å². The first-order valence-electron chi connectivity index (χ1n) is 10.5. The number of urea groups is 1. The van der Waals surface area contributed by atoms with Crippen LogP contribution in [0, 0.1) is 22.0 Å². The number of nitrogens with zero attached hydrogens (tertiary/aromatic N) is 2. The summed E-state index contributed by atoms with van der Waals surface area (Å²) in [6.45, 7) is 2.63. The van der Waals surface area contributed by atoms with Crippen LogP contribution in [0.1, 0.15) is 19.3 Å². The van der Waals surface area contributed by atoms with Crippen LogP contribution in [-0.2, 0) is 4.79 Å². The van der Waals surface area contributed by atoms with Gasteiger partial charge in [0, 0.05) is 17.9 Å². The van der Waals surface area contributed by atoms with Crippen LogP contribution in [-0.4, -0.2) is 38.4 Å². The third-order valence-corrected chi connectivity index (χ3v) is 6.25. The van der Waals surface area contributed by atoms with Crippen LogP contribution >= 0.6 is 36.0 Å². The van der Waals surface area contributed by atoms with E-state index in [1.165, 1.54) is 0 Å². The van der Waals surface area contributed by atoms with E-state index in [-0.39, 0.29) is 12.3 Å². The molecule has 5 N–H and O–H groups in total. The molecule has 1 fully saturated rings. The van der Waals surface area contributed by atoms with Crippen LogP contribution in [0.4, 0.5) is 21.9 Å². The molecule has 0 spiro atoms. The number of halogens is 1. The van der Waals surface area contributed by atoms with Crippen molar-refractivity contribution < 1.29 is 14.7 Å². The zero-order chi connectivity index (χ0) is 24.2. The molecule has 1 radical (unpaired) electrons. The highest BCUT2D eigenvalue weighted by atomic mass is 35.5. The number of piperidine rings is 1. The Bertz CT molecular complexity index is 1310. The molecule has 9 nitrogen and oxygen atoms in total. The largest absolute Gasteiger partial charge is 0.481 e. The van der Waals surface area contributed by atoms with E-state index in [1.54, 1.807) is 41.0 Å². The van der Waals surface area contributed by atoms with E-state index >= 15 is 0 Å². The Morgan fingerprint density at radius 2 is 1.79 bits per heavy atom. The van der Waals surface area contributed by atoms with Gasteiger partial charge in [-0.25, -0.2) is 4.79 Å². The average Bonchev–Trinajstić information content (AvgIpc) is 3.13. The summed E-state index contributed by atoms with van der Waals surface area (Å²) < 4.78 is 2.48. The molecule has 2 amide bonds. The maximum atomic E-state index is 12.7. The van der Waals surface area contributed by atoms with E-state index < -0.39 is 12.0 Å². The number of carbonyl (C=O) groups is 2. The Morgan fingerprint density at radius 3 is 2.50 bits per heavy atom. The van der Waals surface area contributed by atoms with Crippen molar-refractivity contribution in [3.8, 4) is 5.69 Å². The van der Waals surface area contributed by atoms with Crippen LogP contribution in [0.25, 0.3) is 5.69 Å². The molecule has 1 aliphatic rings. The topological polar surface area (TPSA) is 118 Å². The number of carboxylic acids is 1. The van der Waals surface area contributed by atoms with Gasteiger partial charge in [0.15, 0.2) is 9.54 Å². The first-order valence-corrected chi connectivity index (χ1v) is 11.7. The molecule has 0 aliphatic carbocycles. The van der Waals surface area contributed by atoms with Gasteiger partial charge < -0.3 is 20.6 Å². The third-order valence-electron chi connectivity index (χ3n) is 5.36. The lowest BCUT2D eigenvalue weighted by Gasteiger charge is -2.34. The molecule has 1 aromatic heterocycles. The number of carboxylic acid groups (broad SMARTS) is 1. The lowest BCUT2D eigenvalue weighted by atomic mass is 9.94. The van der Waals surface area contributed by atoms with E-state index in [9.17, 15) is 9.59 Å². The molecule has 2 heterocycles. The zero-order valence-corrected chi connectivity index (χ0v) is 20.3. The number of nitrogens with one attached hydrogen (secondary N) is 4. The van der Waals surface area contributed by atoms with Gasteiger partial charge in [0.05, 0.1) is 29.4 Å². The van der Waals surface area contributed by atoms with Crippen molar-refractivity contribution in [2.45, 2.75) is 19.3 Å². The van der Waals surface area contributed by atoms with E-state index in [0.29, 0.717) is 37.3 Å². The predicted octanol–water partition coefficient (Wildman–Crippen LogP) is 5.74. The maximum absolute atomic E-state index is 12.7. The molecule has 0 saturated carbocycles. The summed E-state index contributed by atoms with van der Waals surface area (Å²) in [5.41, 5.74) is 2.53.